The number of nitrogens with zero attached hydrogens (tertiary/aromatic N) is 1. The van der Waals surface area contributed by atoms with Crippen molar-refractivity contribution in [2.45, 2.75) is 0 Å². The Labute approximate surface area is 198 Å². The third-order valence-electron chi connectivity index (χ3n) is 4.28. The highest BCUT2D eigenvalue weighted by atomic mass is 35.5. The Balaban J connectivity index is 1.62. The summed E-state index contributed by atoms with van der Waals surface area (Å²) < 4.78 is 10.7. The van der Waals surface area contributed by atoms with Gasteiger partial charge in [0.25, 0.3) is 17.7 Å². The lowest BCUT2D eigenvalue weighted by Gasteiger charge is -2.14. The standard InChI is InChI=1S/C21H18ClN3O5S2/c1-29-15-7-6-12(8-16(15)30-2)9-17-20(28)25(21(31)32-17)11-18(26)23-24-19(27)13-4-3-5-14(22)10-13/h3-10H,11H2,1-2H3,(H,23,26)(H,24,27)/b17-9-. The van der Waals surface area contributed by atoms with Crippen molar-refractivity contribution in [2.75, 3.05) is 20.8 Å². The monoisotopic (exact) mass is 491 g/mol. The minimum absolute atomic E-state index is 0.234. The minimum atomic E-state index is -0.607. The molecule has 3 rings (SSSR count). The van der Waals surface area contributed by atoms with Gasteiger partial charge in [-0.05, 0) is 42.0 Å². The van der Waals surface area contributed by atoms with Crippen molar-refractivity contribution in [3.63, 3.8) is 0 Å². The molecule has 166 valence electrons. The number of halogens is 1. The van der Waals surface area contributed by atoms with E-state index in [2.05, 4.69) is 10.9 Å². The highest BCUT2D eigenvalue weighted by Gasteiger charge is 2.33. The molecule has 0 radical (unpaired) electrons. The maximum atomic E-state index is 12.7. The molecule has 32 heavy (non-hydrogen) atoms. The van der Waals surface area contributed by atoms with Gasteiger partial charge in [0.2, 0.25) is 0 Å². The predicted octanol–water partition coefficient (Wildman–Crippen LogP) is 3.02. The summed E-state index contributed by atoms with van der Waals surface area (Å²) in [5, 5.41) is 0.391. The number of amides is 3. The maximum absolute atomic E-state index is 12.7. The number of hydrogen-bond acceptors (Lipinski definition) is 7. The fourth-order valence-electron chi connectivity index (χ4n) is 2.74. The van der Waals surface area contributed by atoms with Crippen LogP contribution in [0.5, 0.6) is 11.5 Å². The molecular formula is C21H18ClN3O5S2. The van der Waals surface area contributed by atoms with E-state index in [1.54, 1.807) is 42.5 Å². The Morgan fingerprint density at radius 3 is 2.56 bits per heavy atom. The summed E-state index contributed by atoms with van der Waals surface area (Å²) in [6.07, 6.45) is 1.65. The van der Waals surface area contributed by atoms with Gasteiger partial charge in [-0.3, -0.25) is 30.1 Å². The molecule has 1 heterocycles. The Morgan fingerprint density at radius 1 is 1.12 bits per heavy atom. The summed E-state index contributed by atoms with van der Waals surface area (Å²) in [7, 11) is 3.05. The van der Waals surface area contributed by atoms with Gasteiger partial charge < -0.3 is 9.47 Å². The molecule has 1 saturated heterocycles. The van der Waals surface area contributed by atoms with Crippen LogP contribution in [-0.4, -0.2) is 47.7 Å². The van der Waals surface area contributed by atoms with Crippen LogP contribution in [-0.2, 0) is 9.59 Å². The van der Waals surface area contributed by atoms with Crippen LogP contribution in [0, 0.1) is 0 Å². The van der Waals surface area contributed by atoms with Crippen LogP contribution in [0.25, 0.3) is 6.08 Å². The van der Waals surface area contributed by atoms with Crippen LogP contribution in [0.4, 0.5) is 0 Å². The van der Waals surface area contributed by atoms with E-state index in [0.717, 1.165) is 16.7 Å². The van der Waals surface area contributed by atoms with E-state index in [1.807, 2.05) is 0 Å². The van der Waals surface area contributed by atoms with Crippen molar-refractivity contribution < 1.29 is 23.9 Å². The number of hydrogen-bond donors (Lipinski definition) is 2. The second-order valence-electron chi connectivity index (χ2n) is 6.39. The summed E-state index contributed by atoms with van der Waals surface area (Å²) >= 11 is 12.2. The summed E-state index contributed by atoms with van der Waals surface area (Å²) in [5.41, 5.74) is 5.53. The lowest BCUT2D eigenvalue weighted by atomic mass is 10.2. The van der Waals surface area contributed by atoms with Gasteiger partial charge in [0.15, 0.2) is 11.5 Å². The molecule has 0 aliphatic carbocycles. The fraction of sp³-hybridized carbons (Fsp3) is 0.143. The Kier molecular flexibility index (Phi) is 7.73. The molecule has 0 bridgehead atoms. The third kappa shape index (κ3) is 5.58. The lowest BCUT2D eigenvalue weighted by molar-refractivity contribution is -0.129. The first-order chi connectivity index (χ1) is 15.3. The van der Waals surface area contributed by atoms with E-state index in [1.165, 1.54) is 20.3 Å². The number of nitrogens with one attached hydrogen (secondary N) is 2. The van der Waals surface area contributed by atoms with Gasteiger partial charge in [-0.1, -0.05) is 47.7 Å². The normalized spacial score (nSPS) is 14.5. The number of carbonyl (C=O) groups excluding carboxylic acids is 3. The second kappa shape index (κ2) is 10.5. The zero-order valence-electron chi connectivity index (χ0n) is 17.0. The largest absolute Gasteiger partial charge is 0.493 e. The first-order valence-corrected chi connectivity index (χ1v) is 10.7. The number of methoxy groups -OCH3 is 2. The number of thiocarbonyl (C=S) groups is 1. The number of rotatable bonds is 6. The van der Waals surface area contributed by atoms with Gasteiger partial charge in [0.05, 0.1) is 19.1 Å². The molecule has 1 aliphatic rings. The number of thioether (sulfide) groups is 1. The second-order valence-corrected chi connectivity index (χ2v) is 8.51. The van der Waals surface area contributed by atoms with Crippen LogP contribution >= 0.6 is 35.6 Å². The van der Waals surface area contributed by atoms with Gasteiger partial charge in [0, 0.05) is 10.6 Å². The molecule has 0 unspecified atom stereocenters. The number of ether oxygens (including phenoxy) is 2. The highest BCUT2D eigenvalue weighted by Crippen LogP contribution is 2.34. The lowest BCUT2D eigenvalue weighted by Crippen LogP contribution is -2.47. The van der Waals surface area contributed by atoms with Crippen molar-refractivity contribution >= 4 is 63.7 Å². The molecule has 0 aromatic heterocycles. The quantitative estimate of drug-likeness (QED) is 0.364. The highest BCUT2D eigenvalue weighted by molar-refractivity contribution is 8.26. The molecule has 11 heteroatoms. The summed E-state index contributed by atoms with van der Waals surface area (Å²) in [6, 6.07) is 11.5. The molecule has 1 aliphatic heterocycles. The van der Waals surface area contributed by atoms with E-state index in [9.17, 15) is 14.4 Å². The van der Waals surface area contributed by atoms with E-state index in [-0.39, 0.29) is 16.4 Å². The van der Waals surface area contributed by atoms with Crippen molar-refractivity contribution in [1.82, 2.24) is 15.8 Å². The van der Waals surface area contributed by atoms with E-state index in [0.29, 0.717) is 27.0 Å². The van der Waals surface area contributed by atoms with E-state index in [4.69, 9.17) is 33.3 Å². The van der Waals surface area contributed by atoms with Crippen LogP contribution in [0.15, 0.2) is 47.4 Å². The van der Waals surface area contributed by atoms with Crippen molar-refractivity contribution in [3.05, 3.63) is 63.5 Å². The number of benzene rings is 2. The van der Waals surface area contributed by atoms with Gasteiger partial charge >= 0.3 is 0 Å². The average molecular weight is 492 g/mol. The third-order valence-corrected chi connectivity index (χ3v) is 5.90. The van der Waals surface area contributed by atoms with Crippen LogP contribution in [0.1, 0.15) is 15.9 Å². The summed E-state index contributed by atoms with van der Waals surface area (Å²) in [5.74, 6) is -0.477. The Morgan fingerprint density at radius 2 is 1.88 bits per heavy atom. The summed E-state index contributed by atoms with van der Waals surface area (Å²) in [6.45, 7) is -0.343. The molecule has 3 amide bonds. The van der Waals surface area contributed by atoms with Crippen LogP contribution < -0.4 is 20.3 Å². The van der Waals surface area contributed by atoms with Crippen LogP contribution in [0.2, 0.25) is 5.02 Å². The Bertz CT molecular complexity index is 1120. The van der Waals surface area contributed by atoms with Crippen molar-refractivity contribution in [3.8, 4) is 11.5 Å². The minimum Gasteiger partial charge on any atom is -0.493 e. The van der Waals surface area contributed by atoms with Gasteiger partial charge in [-0.25, -0.2) is 0 Å². The zero-order valence-corrected chi connectivity index (χ0v) is 19.4. The molecule has 2 aromatic rings. The molecule has 2 aromatic carbocycles. The number of carbonyl (C=O) groups is 3. The smallest absolute Gasteiger partial charge is 0.269 e. The van der Waals surface area contributed by atoms with Crippen LogP contribution in [0.3, 0.4) is 0 Å². The van der Waals surface area contributed by atoms with Gasteiger partial charge in [-0.15, -0.1) is 0 Å². The molecule has 1 fully saturated rings. The predicted molar refractivity (Wildman–Crippen MR) is 126 cm³/mol. The summed E-state index contributed by atoms with van der Waals surface area (Å²) in [4.78, 5) is 38.6. The molecule has 8 nitrogen and oxygen atoms in total. The zero-order chi connectivity index (χ0) is 23.3. The fourth-order valence-corrected chi connectivity index (χ4v) is 4.19. The van der Waals surface area contributed by atoms with E-state index < -0.39 is 17.7 Å². The van der Waals surface area contributed by atoms with Gasteiger partial charge in [-0.2, -0.15) is 0 Å². The van der Waals surface area contributed by atoms with Gasteiger partial charge in [0.1, 0.15) is 10.9 Å². The van der Waals surface area contributed by atoms with Crippen molar-refractivity contribution in [1.29, 1.82) is 0 Å². The Hall–Kier alpha value is -3.08. The van der Waals surface area contributed by atoms with E-state index >= 15 is 0 Å². The van der Waals surface area contributed by atoms with Crippen molar-refractivity contribution in [2.24, 2.45) is 0 Å². The first-order valence-electron chi connectivity index (χ1n) is 9.14. The maximum Gasteiger partial charge on any atom is 0.269 e. The molecule has 0 atom stereocenters. The first kappa shape index (κ1) is 23.6. The number of hydrazine groups is 1. The average Bonchev–Trinajstić information content (AvgIpc) is 3.04. The topological polar surface area (TPSA) is 97.0 Å². The molecule has 2 N–H and O–H groups in total. The SMILES string of the molecule is COc1ccc(/C=C2\SC(=S)N(CC(=O)NNC(=O)c3cccc(Cl)c3)C2=O)cc1OC. The molecular weight excluding hydrogens is 474 g/mol. The molecule has 0 spiro atoms. The molecule has 0 saturated carbocycles.